The second-order valence-electron chi connectivity index (χ2n) is 9.30. The number of H-pyrrole nitrogens is 2. The van der Waals surface area contributed by atoms with Crippen molar-refractivity contribution in [3.8, 4) is 0 Å². The van der Waals surface area contributed by atoms with E-state index in [2.05, 4.69) is 9.97 Å². The van der Waals surface area contributed by atoms with Crippen molar-refractivity contribution in [2.75, 3.05) is 0 Å². The van der Waals surface area contributed by atoms with Crippen LogP contribution < -0.4 is 22.5 Å². The van der Waals surface area contributed by atoms with Crippen LogP contribution in [0.3, 0.4) is 0 Å². The number of nitrogens with zero attached hydrogens (tertiary/aromatic N) is 2. The number of hydrogen-bond donors (Lipinski definition) is 2. The van der Waals surface area contributed by atoms with E-state index in [9.17, 15) is 36.7 Å². The standard InChI is InChI=1S/C16H13FN2O2.C12H11F3N2O2.C2H6.2H2/c1-10-2-7-14-13(8-10)15(20)19(16(21)18-14)9-11-3-5-12(17)6-4-11;1-7-2-3-9-8(6-7)10(18)17(11(19)16-9)5-4-12(13,14)15;1-2;;/h2-8H,9H2,1H3,(H,18,21);2-3,6H,4-5H2,1H3,(H,16,19);1-2H3;2*1H. The number of nitrogens with one attached hydrogen (secondary N) is 2. The topological polar surface area (TPSA) is 110 Å². The van der Waals surface area contributed by atoms with Gasteiger partial charge in [0.2, 0.25) is 0 Å². The summed E-state index contributed by atoms with van der Waals surface area (Å²) in [6.07, 6.45) is -5.62. The van der Waals surface area contributed by atoms with Gasteiger partial charge in [0.15, 0.2) is 0 Å². The Morgan fingerprint density at radius 2 is 1.17 bits per heavy atom. The highest BCUT2D eigenvalue weighted by molar-refractivity contribution is 5.78. The number of benzene rings is 3. The van der Waals surface area contributed by atoms with Crippen molar-refractivity contribution < 1.29 is 20.4 Å². The molecule has 8 nitrogen and oxygen atoms in total. The van der Waals surface area contributed by atoms with Gasteiger partial charge >= 0.3 is 17.6 Å². The monoisotopic (exact) mass is 590 g/mol. The van der Waals surface area contributed by atoms with E-state index in [1.165, 1.54) is 18.2 Å². The second kappa shape index (κ2) is 13.3. The van der Waals surface area contributed by atoms with Crippen LogP contribution in [0.5, 0.6) is 0 Å². The molecule has 2 heterocycles. The van der Waals surface area contributed by atoms with Crippen molar-refractivity contribution in [3.05, 3.63) is 125 Å². The average Bonchev–Trinajstić information content (AvgIpc) is 2.94. The van der Waals surface area contributed by atoms with Gasteiger partial charge in [-0.2, -0.15) is 13.2 Å². The molecule has 0 atom stereocenters. The van der Waals surface area contributed by atoms with Crippen molar-refractivity contribution in [1.82, 2.24) is 19.1 Å². The summed E-state index contributed by atoms with van der Waals surface area (Å²) in [7, 11) is 0. The predicted octanol–water partition coefficient (Wildman–Crippen LogP) is 5.65. The molecule has 0 aliphatic carbocycles. The van der Waals surface area contributed by atoms with E-state index in [4.69, 9.17) is 0 Å². The van der Waals surface area contributed by atoms with Crippen LogP contribution in [0, 0.1) is 19.7 Å². The zero-order chi connectivity index (χ0) is 31.2. The summed E-state index contributed by atoms with van der Waals surface area (Å²) in [4.78, 5) is 53.2. The summed E-state index contributed by atoms with van der Waals surface area (Å²) in [6, 6.07) is 15.8. The van der Waals surface area contributed by atoms with Gasteiger partial charge in [0.1, 0.15) is 5.82 Å². The largest absolute Gasteiger partial charge is 0.390 e. The smallest absolute Gasteiger partial charge is 0.307 e. The maximum absolute atomic E-state index is 12.9. The molecule has 2 N–H and O–H groups in total. The Labute approximate surface area is 239 Å². The van der Waals surface area contributed by atoms with Crippen LogP contribution in [0.1, 0.15) is 39.8 Å². The van der Waals surface area contributed by atoms with E-state index in [0.29, 0.717) is 26.6 Å². The number of hydrogen-bond acceptors (Lipinski definition) is 4. The SMILES string of the molecule is CC.Cc1ccc2[nH]c(=O)n(CCC(F)(F)F)c(=O)c2c1.Cc1ccc2[nH]c(=O)n(Cc3ccc(F)cc3)c(=O)c2c1.[HH].[HH]. The first-order valence-corrected chi connectivity index (χ1v) is 13.1. The van der Waals surface area contributed by atoms with Gasteiger partial charge in [0, 0.05) is 9.40 Å². The van der Waals surface area contributed by atoms with E-state index < -0.39 is 36.1 Å². The van der Waals surface area contributed by atoms with E-state index in [1.54, 1.807) is 43.3 Å². The van der Waals surface area contributed by atoms with E-state index in [0.717, 1.165) is 15.7 Å². The normalized spacial score (nSPS) is 11.0. The van der Waals surface area contributed by atoms with Gasteiger partial charge in [0.25, 0.3) is 11.1 Å². The number of aromatic amines is 2. The summed E-state index contributed by atoms with van der Waals surface area (Å²) in [5.74, 6) is -0.353. The van der Waals surface area contributed by atoms with Crippen molar-refractivity contribution in [1.29, 1.82) is 0 Å². The van der Waals surface area contributed by atoms with Crippen LogP contribution in [-0.2, 0) is 13.1 Å². The molecule has 5 rings (SSSR count). The third kappa shape index (κ3) is 7.71. The number of fused-ring (bicyclic) bond motifs is 2. The minimum atomic E-state index is -4.41. The van der Waals surface area contributed by atoms with Gasteiger partial charge in [-0.15, -0.1) is 0 Å². The molecule has 0 spiro atoms. The Morgan fingerprint density at radius 3 is 1.64 bits per heavy atom. The minimum absolute atomic E-state index is 0. The lowest BCUT2D eigenvalue weighted by molar-refractivity contribution is -0.137. The first kappa shape index (κ1) is 31.8. The highest BCUT2D eigenvalue weighted by Gasteiger charge is 2.27. The molecule has 3 aromatic carbocycles. The summed E-state index contributed by atoms with van der Waals surface area (Å²) in [5, 5.41) is 0.679. The summed E-state index contributed by atoms with van der Waals surface area (Å²) >= 11 is 0. The molecule has 42 heavy (non-hydrogen) atoms. The molecule has 0 bridgehead atoms. The van der Waals surface area contributed by atoms with Crippen molar-refractivity contribution in [3.63, 3.8) is 0 Å². The Bertz CT molecular complexity index is 1950. The van der Waals surface area contributed by atoms with Crippen LogP contribution in [0.4, 0.5) is 17.6 Å². The molecule has 0 fully saturated rings. The van der Waals surface area contributed by atoms with Gasteiger partial charge in [-0.05, 0) is 55.8 Å². The lowest BCUT2D eigenvalue weighted by atomic mass is 10.1. The van der Waals surface area contributed by atoms with E-state index in [1.807, 2.05) is 26.8 Å². The number of aromatic nitrogens is 4. The van der Waals surface area contributed by atoms with Crippen LogP contribution in [0.15, 0.2) is 79.8 Å². The predicted molar refractivity (Wildman–Crippen MR) is 159 cm³/mol. The Balaban J connectivity index is 0.000000401. The Hall–Kier alpha value is -4.74. The zero-order valence-corrected chi connectivity index (χ0v) is 23.4. The fourth-order valence-electron chi connectivity index (χ4n) is 4.09. The molecule has 0 amide bonds. The van der Waals surface area contributed by atoms with Gasteiger partial charge in [0.05, 0.1) is 34.8 Å². The highest BCUT2D eigenvalue weighted by atomic mass is 19.4. The van der Waals surface area contributed by atoms with Gasteiger partial charge in [-0.3, -0.25) is 18.7 Å². The van der Waals surface area contributed by atoms with Crippen molar-refractivity contribution >= 4 is 21.8 Å². The van der Waals surface area contributed by atoms with Crippen LogP contribution in [0.25, 0.3) is 21.8 Å². The molecule has 0 saturated heterocycles. The minimum Gasteiger partial charge on any atom is -0.307 e. The number of aryl methyl sites for hydroxylation is 2. The molecular weight excluding hydrogens is 556 g/mol. The van der Waals surface area contributed by atoms with E-state index >= 15 is 0 Å². The summed E-state index contributed by atoms with van der Waals surface area (Å²) < 4.78 is 51.1. The molecule has 5 aromatic rings. The fraction of sp³-hybridized carbons (Fsp3) is 0.267. The highest BCUT2D eigenvalue weighted by Crippen LogP contribution is 2.19. The molecule has 2 aromatic heterocycles. The molecule has 12 heteroatoms. The average molecular weight is 591 g/mol. The Kier molecular flexibility index (Phi) is 10.1. The first-order valence-electron chi connectivity index (χ1n) is 13.1. The fourth-order valence-corrected chi connectivity index (χ4v) is 4.09. The lowest BCUT2D eigenvalue weighted by Gasteiger charge is -2.08. The lowest BCUT2D eigenvalue weighted by Crippen LogP contribution is -2.36. The maximum atomic E-state index is 12.9. The number of rotatable bonds is 4. The summed E-state index contributed by atoms with van der Waals surface area (Å²) in [6.45, 7) is 7.07. The van der Waals surface area contributed by atoms with Gasteiger partial charge in [-0.1, -0.05) is 49.2 Å². The zero-order valence-electron chi connectivity index (χ0n) is 23.4. The van der Waals surface area contributed by atoms with E-state index in [-0.39, 0.29) is 26.2 Å². The van der Waals surface area contributed by atoms with Gasteiger partial charge in [-0.25, -0.2) is 14.0 Å². The van der Waals surface area contributed by atoms with Crippen molar-refractivity contribution in [2.24, 2.45) is 0 Å². The first-order chi connectivity index (χ1) is 19.8. The second-order valence-corrected chi connectivity index (χ2v) is 9.30. The molecule has 0 saturated carbocycles. The van der Waals surface area contributed by atoms with Crippen LogP contribution in [-0.4, -0.2) is 25.3 Å². The molecule has 0 radical (unpaired) electrons. The van der Waals surface area contributed by atoms with Crippen molar-refractivity contribution in [2.45, 2.75) is 53.4 Å². The molecule has 0 aliphatic rings. The molecular formula is C30H34F4N4O4. The quantitative estimate of drug-likeness (QED) is 0.264. The van der Waals surface area contributed by atoms with Gasteiger partial charge < -0.3 is 9.97 Å². The third-order valence-corrected chi connectivity index (χ3v) is 6.15. The Morgan fingerprint density at radius 1 is 0.714 bits per heavy atom. The maximum Gasteiger partial charge on any atom is 0.390 e. The molecule has 0 aliphatic heterocycles. The van der Waals surface area contributed by atoms with Crippen LogP contribution in [0.2, 0.25) is 0 Å². The molecule has 226 valence electrons. The molecule has 0 unspecified atom stereocenters. The third-order valence-electron chi connectivity index (χ3n) is 6.15. The number of alkyl halides is 3. The van der Waals surface area contributed by atoms with Crippen LogP contribution >= 0.6 is 0 Å². The number of halogens is 4. The summed E-state index contributed by atoms with van der Waals surface area (Å²) in [5.41, 5.74) is 0.921.